The molecule has 0 bridgehead atoms. The van der Waals surface area contributed by atoms with Crippen molar-refractivity contribution in [2.75, 3.05) is 11.9 Å². The molecular weight excluding hydrogens is 358 g/mol. The minimum atomic E-state index is -0.214. The van der Waals surface area contributed by atoms with E-state index in [-0.39, 0.29) is 21.7 Å². The Bertz CT molecular complexity index is 827. The number of carbonyl (C=O) groups excluding carboxylic acids is 2. The molecule has 0 amide bonds. The molecule has 0 aliphatic heterocycles. The van der Waals surface area contributed by atoms with Gasteiger partial charge in [-0.2, -0.15) is 0 Å². The third-order valence-corrected chi connectivity index (χ3v) is 4.23. The number of hydrogen-bond acceptors (Lipinski definition) is 4. The van der Waals surface area contributed by atoms with Crippen LogP contribution >= 0.6 is 15.9 Å². The van der Waals surface area contributed by atoms with Crippen molar-refractivity contribution in [2.24, 2.45) is 0 Å². The average Bonchev–Trinajstić information content (AvgIpc) is 2.57. The van der Waals surface area contributed by atoms with Crippen molar-refractivity contribution in [3.8, 4) is 5.75 Å². The first kappa shape index (κ1) is 15.5. The summed E-state index contributed by atoms with van der Waals surface area (Å²) >= 11 is 3.25. The molecule has 0 spiro atoms. The molecule has 0 atom stereocenters. The second kappa shape index (κ2) is 6.38. The van der Waals surface area contributed by atoms with Crippen LogP contribution in [0, 0.1) is 0 Å². The summed E-state index contributed by atoms with van der Waals surface area (Å²) in [6, 6.07) is 14.1. The summed E-state index contributed by atoms with van der Waals surface area (Å²) in [7, 11) is 0. The normalized spacial score (nSPS) is 13.8. The molecule has 3 rings (SSSR count). The zero-order chi connectivity index (χ0) is 16.4. The van der Waals surface area contributed by atoms with E-state index in [1.807, 2.05) is 25.1 Å². The maximum absolute atomic E-state index is 12.7. The lowest BCUT2D eigenvalue weighted by molar-refractivity contribution is 0.0983. The van der Waals surface area contributed by atoms with Crippen molar-refractivity contribution in [2.45, 2.75) is 6.92 Å². The van der Waals surface area contributed by atoms with Crippen molar-refractivity contribution in [1.29, 1.82) is 0 Å². The van der Waals surface area contributed by atoms with E-state index in [0.29, 0.717) is 29.2 Å². The van der Waals surface area contributed by atoms with Crippen LogP contribution in [0.15, 0.2) is 58.7 Å². The summed E-state index contributed by atoms with van der Waals surface area (Å²) in [5, 5.41) is 3.03. The number of hydrogen-bond donors (Lipinski definition) is 1. The summed E-state index contributed by atoms with van der Waals surface area (Å²) in [5.74, 6) is 0.279. The van der Waals surface area contributed by atoms with Crippen molar-refractivity contribution in [3.05, 3.63) is 69.8 Å². The molecular formula is C18H14BrNO3. The Morgan fingerprint density at radius 3 is 2.39 bits per heavy atom. The van der Waals surface area contributed by atoms with Gasteiger partial charge < -0.3 is 10.1 Å². The predicted molar refractivity (Wildman–Crippen MR) is 92.3 cm³/mol. The van der Waals surface area contributed by atoms with Gasteiger partial charge in [-0.15, -0.1) is 0 Å². The van der Waals surface area contributed by atoms with Gasteiger partial charge in [-0.1, -0.05) is 30.3 Å². The Balaban J connectivity index is 1.97. The highest BCUT2D eigenvalue weighted by Gasteiger charge is 2.30. The smallest absolute Gasteiger partial charge is 0.211 e. The van der Waals surface area contributed by atoms with Gasteiger partial charge in [0.25, 0.3) is 0 Å². The maximum Gasteiger partial charge on any atom is 0.211 e. The molecule has 0 fully saturated rings. The lowest BCUT2D eigenvalue weighted by atomic mass is 9.92. The molecule has 23 heavy (non-hydrogen) atoms. The molecule has 2 aromatic carbocycles. The number of nitrogens with one attached hydrogen (secondary N) is 1. The highest BCUT2D eigenvalue weighted by atomic mass is 79.9. The molecule has 4 nitrogen and oxygen atoms in total. The topological polar surface area (TPSA) is 55.4 Å². The van der Waals surface area contributed by atoms with Crippen LogP contribution in [0.25, 0.3) is 0 Å². The van der Waals surface area contributed by atoms with E-state index in [9.17, 15) is 9.59 Å². The van der Waals surface area contributed by atoms with Crippen LogP contribution in [0.4, 0.5) is 5.69 Å². The highest BCUT2D eigenvalue weighted by Crippen LogP contribution is 2.31. The number of anilines is 1. The molecule has 116 valence electrons. The minimum Gasteiger partial charge on any atom is -0.494 e. The van der Waals surface area contributed by atoms with Crippen LogP contribution in [-0.2, 0) is 0 Å². The number of allylic oxidation sites excluding steroid dienone is 2. The predicted octanol–water partition coefficient (Wildman–Crippen LogP) is 4.18. The van der Waals surface area contributed by atoms with Crippen molar-refractivity contribution in [3.63, 3.8) is 0 Å². The summed E-state index contributed by atoms with van der Waals surface area (Å²) in [5.41, 5.74) is 1.74. The Morgan fingerprint density at radius 1 is 1.00 bits per heavy atom. The Morgan fingerprint density at radius 2 is 1.70 bits per heavy atom. The first-order valence-corrected chi connectivity index (χ1v) is 7.99. The van der Waals surface area contributed by atoms with Gasteiger partial charge >= 0.3 is 0 Å². The number of ketones is 2. The molecule has 1 N–H and O–H groups in total. The first-order chi connectivity index (χ1) is 11.1. The van der Waals surface area contributed by atoms with Crippen molar-refractivity contribution >= 4 is 33.2 Å². The van der Waals surface area contributed by atoms with Gasteiger partial charge in [0.2, 0.25) is 11.6 Å². The number of fused-ring (bicyclic) bond motifs is 1. The number of ether oxygens (including phenoxy) is 1. The number of rotatable bonds is 4. The molecule has 0 radical (unpaired) electrons. The standard InChI is InChI=1S/C18H14BrNO3/c1-2-23-12-7-5-6-11(10-12)20-16-15(19)17(21)13-8-3-4-9-14(13)18(16)22/h3-10,20H,2H2,1H3. The second-order valence-electron chi connectivity index (χ2n) is 4.98. The number of carbonyl (C=O) groups is 2. The molecule has 1 aliphatic carbocycles. The molecule has 0 unspecified atom stereocenters. The third-order valence-electron chi connectivity index (χ3n) is 3.48. The van der Waals surface area contributed by atoms with Crippen LogP contribution in [0.5, 0.6) is 5.75 Å². The lowest BCUT2D eigenvalue weighted by Crippen LogP contribution is -2.24. The van der Waals surface area contributed by atoms with E-state index in [4.69, 9.17) is 4.74 Å². The van der Waals surface area contributed by atoms with Gasteiger partial charge in [0.1, 0.15) is 11.4 Å². The Labute approximate surface area is 142 Å². The Hall–Kier alpha value is -2.40. The van der Waals surface area contributed by atoms with Crippen LogP contribution in [0.2, 0.25) is 0 Å². The number of benzene rings is 2. The van der Waals surface area contributed by atoms with Gasteiger partial charge in [0.05, 0.1) is 11.1 Å². The van der Waals surface area contributed by atoms with Crippen LogP contribution in [-0.4, -0.2) is 18.2 Å². The SMILES string of the molecule is CCOc1cccc(NC2=C(Br)C(=O)c3ccccc3C2=O)c1. The summed E-state index contributed by atoms with van der Waals surface area (Å²) in [4.78, 5) is 25.1. The fourth-order valence-electron chi connectivity index (χ4n) is 2.43. The largest absolute Gasteiger partial charge is 0.494 e. The molecule has 0 aromatic heterocycles. The summed E-state index contributed by atoms with van der Waals surface area (Å²) in [6.07, 6.45) is 0. The van der Waals surface area contributed by atoms with Crippen molar-refractivity contribution < 1.29 is 14.3 Å². The van der Waals surface area contributed by atoms with Gasteiger partial charge in [0, 0.05) is 22.9 Å². The van der Waals surface area contributed by atoms with E-state index < -0.39 is 0 Å². The second-order valence-corrected chi connectivity index (χ2v) is 5.77. The molecule has 1 aliphatic rings. The van der Waals surface area contributed by atoms with E-state index >= 15 is 0 Å². The third kappa shape index (κ3) is 2.92. The van der Waals surface area contributed by atoms with E-state index in [1.165, 1.54) is 0 Å². The molecule has 2 aromatic rings. The Kier molecular flexibility index (Phi) is 4.30. The van der Waals surface area contributed by atoms with Crippen molar-refractivity contribution in [1.82, 2.24) is 0 Å². The van der Waals surface area contributed by atoms with Gasteiger partial charge in [-0.25, -0.2) is 0 Å². The molecule has 5 heteroatoms. The molecule has 0 saturated heterocycles. The number of halogens is 1. The fourth-order valence-corrected chi connectivity index (χ4v) is 2.92. The van der Waals surface area contributed by atoms with E-state index in [2.05, 4.69) is 21.2 Å². The van der Waals surface area contributed by atoms with E-state index in [1.54, 1.807) is 30.3 Å². The summed E-state index contributed by atoms with van der Waals surface area (Å²) < 4.78 is 5.69. The zero-order valence-corrected chi connectivity index (χ0v) is 14.0. The van der Waals surface area contributed by atoms with Gasteiger partial charge in [0.15, 0.2) is 0 Å². The highest BCUT2D eigenvalue weighted by molar-refractivity contribution is 9.12. The van der Waals surface area contributed by atoms with Gasteiger partial charge in [-0.05, 0) is 35.0 Å². The van der Waals surface area contributed by atoms with E-state index in [0.717, 1.165) is 0 Å². The first-order valence-electron chi connectivity index (χ1n) is 7.20. The zero-order valence-electron chi connectivity index (χ0n) is 12.4. The van der Waals surface area contributed by atoms with Crippen LogP contribution in [0.3, 0.4) is 0 Å². The maximum atomic E-state index is 12.7. The summed E-state index contributed by atoms with van der Waals surface area (Å²) in [6.45, 7) is 2.46. The number of Topliss-reactive ketones (excluding diaryl/α,β-unsaturated/α-hetero) is 2. The fraction of sp³-hybridized carbons (Fsp3) is 0.111. The monoisotopic (exact) mass is 371 g/mol. The van der Waals surface area contributed by atoms with Gasteiger partial charge in [-0.3, -0.25) is 9.59 Å². The molecule has 0 heterocycles. The quantitative estimate of drug-likeness (QED) is 0.875. The molecule has 0 saturated carbocycles. The van der Waals surface area contributed by atoms with Crippen LogP contribution in [0.1, 0.15) is 27.6 Å². The average molecular weight is 372 g/mol. The lowest BCUT2D eigenvalue weighted by Gasteiger charge is -2.19. The minimum absolute atomic E-state index is 0.205. The van der Waals surface area contributed by atoms with Crippen LogP contribution < -0.4 is 10.1 Å².